The zero-order chi connectivity index (χ0) is 23.9. The van der Waals surface area contributed by atoms with Crippen LogP contribution in [0, 0.1) is 23.6 Å². The predicted molar refractivity (Wildman–Crippen MR) is 121 cm³/mol. The van der Waals surface area contributed by atoms with Crippen molar-refractivity contribution < 1.29 is 22.4 Å². The number of nitrogens with zero attached hydrogens (tertiary/aromatic N) is 3. The van der Waals surface area contributed by atoms with E-state index in [1.165, 1.54) is 36.3 Å². The van der Waals surface area contributed by atoms with Crippen LogP contribution in [0.3, 0.4) is 0 Å². The molecule has 34 heavy (non-hydrogen) atoms. The van der Waals surface area contributed by atoms with E-state index >= 15 is 0 Å². The summed E-state index contributed by atoms with van der Waals surface area (Å²) in [6, 6.07) is 6.41. The Balaban J connectivity index is 1.31. The van der Waals surface area contributed by atoms with Gasteiger partial charge in [0.1, 0.15) is 5.82 Å². The van der Waals surface area contributed by atoms with Gasteiger partial charge in [0.05, 0.1) is 13.1 Å². The molecule has 0 radical (unpaired) electrons. The van der Waals surface area contributed by atoms with Gasteiger partial charge >= 0.3 is 6.18 Å². The summed E-state index contributed by atoms with van der Waals surface area (Å²) in [6.07, 6.45) is 3.40. The maximum Gasteiger partial charge on any atom is 0.401 e. The molecule has 0 atom stereocenters. The van der Waals surface area contributed by atoms with Gasteiger partial charge in [-0.15, -0.1) is 0 Å². The van der Waals surface area contributed by atoms with Gasteiger partial charge in [-0.2, -0.15) is 13.2 Å². The van der Waals surface area contributed by atoms with Gasteiger partial charge in [0.2, 0.25) is 5.91 Å². The fraction of sp³-hybridized carbons (Fsp3) is 0.731. The molecule has 1 amide bonds. The van der Waals surface area contributed by atoms with E-state index in [1.807, 2.05) is 4.90 Å². The quantitative estimate of drug-likeness (QED) is 0.552. The van der Waals surface area contributed by atoms with Crippen molar-refractivity contribution in [3.8, 4) is 0 Å². The minimum Gasteiger partial charge on any atom is -0.332 e. The molecule has 1 heterocycles. The van der Waals surface area contributed by atoms with Crippen LogP contribution in [0.5, 0.6) is 0 Å². The lowest BCUT2D eigenvalue weighted by molar-refractivity contribution is -0.154. The molecule has 0 N–H and O–H groups in total. The largest absolute Gasteiger partial charge is 0.401 e. The number of carbonyl (C=O) groups excluding carboxylic acids is 1. The zero-order valence-electron chi connectivity index (χ0n) is 19.7. The Bertz CT molecular complexity index is 837. The lowest BCUT2D eigenvalue weighted by Gasteiger charge is -2.60. The molecule has 5 fully saturated rings. The Hall–Kier alpha value is -1.67. The molecule has 4 saturated carbocycles. The fourth-order valence-electron chi connectivity index (χ4n) is 7.56. The highest BCUT2D eigenvalue weighted by atomic mass is 19.4. The molecule has 6 rings (SSSR count). The van der Waals surface area contributed by atoms with Crippen molar-refractivity contribution in [3.63, 3.8) is 0 Å². The molecule has 1 aromatic rings. The molecule has 1 aliphatic heterocycles. The number of carbonyl (C=O) groups is 1. The molecule has 4 nitrogen and oxygen atoms in total. The van der Waals surface area contributed by atoms with Crippen molar-refractivity contribution in [2.24, 2.45) is 17.8 Å². The van der Waals surface area contributed by atoms with Gasteiger partial charge in [0.15, 0.2) is 0 Å². The zero-order valence-corrected chi connectivity index (χ0v) is 19.7. The van der Waals surface area contributed by atoms with Gasteiger partial charge in [-0.25, -0.2) is 4.39 Å². The molecule has 5 aliphatic rings. The minimum atomic E-state index is -4.20. The first kappa shape index (κ1) is 24.0. The van der Waals surface area contributed by atoms with Crippen molar-refractivity contribution in [3.05, 3.63) is 35.6 Å². The summed E-state index contributed by atoms with van der Waals surface area (Å²) in [4.78, 5) is 19.4. The van der Waals surface area contributed by atoms with Crippen LogP contribution in [-0.4, -0.2) is 71.6 Å². The second-order valence-electron chi connectivity index (χ2n) is 11.3. The van der Waals surface area contributed by atoms with Gasteiger partial charge in [-0.3, -0.25) is 14.6 Å². The average Bonchev–Trinajstić information content (AvgIpc) is 2.95. The first-order valence-electron chi connectivity index (χ1n) is 12.7. The molecule has 1 saturated heterocycles. The van der Waals surface area contributed by atoms with Gasteiger partial charge in [0.25, 0.3) is 0 Å². The van der Waals surface area contributed by atoms with E-state index in [1.54, 1.807) is 12.1 Å². The molecule has 8 heteroatoms. The number of hydrogen-bond acceptors (Lipinski definition) is 3. The van der Waals surface area contributed by atoms with E-state index < -0.39 is 12.7 Å². The maximum absolute atomic E-state index is 13.8. The van der Waals surface area contributed by atoms with E-state index in [0.717, 1.165) is 24.8 Å². The van der Waals surface area contributed by atoms with Gasteiger partial charge < -0.3 is 4.90 Å². The number of hydrogen-bond donors (Lipinski definition) is 0. The molecular formula is C26H35F4N3O. The second kappa shape index (κ2) is 9.41. The lowest BCUT2D eigenvalue weighted by atomic mass is 9.52. The third-order valence-corrected chi connectivity index (χ3v) is 8.58. The number of benzene rings is 1. The molecule has 0 aromatic heterocycles. The van der Waals surface area contributed by atoms with Crippen LogP contribution in [0.25, 0.3) is 0 Å². The monoisotopic (exact) mass is 481 g/mol. The van der Waals surface area contributed by atoms with Crippen LogP contribution in [-0.2, 0) is 11.3 Å². The van der Waals surface area contributed by atoms with Gasteiger partial charge in [-0.05, 0) is 93.5 Å². The summed E-state index contributed by atoms with van der Waals surface area (Å²) in [5.41, 5.74) is 0.798. The lowest BCUT2D eigenvalue weighted by Crippen LogP contribution is -2.62. The van der Waals surface area contributed by atoms with E-state index in [0.29, 0.717) is 56.9 Å². The standard InChI is InChI=1S/C26H35F4N3O/c27-23-4-2-19(3-5-23)16-33(25-13-20-10-21(14-25)12-22(11-20)15-25)24(34)17-31-6-1-7-32(9-8-31)18-26(28,29)30/h2-5,20-22H,1,6-18H2. The van der Waals surface area contributed by atoms with E-state index in [9.17, 15) is 22.4 Å². The fourth-order valence-corrected chi connectivity index (χ4v) is 7.56. The Morgan fingerprint density at radius 1 is 0.912 bits per heavy atom. The Morgan fingerprint density at radius 3 is 2.06 bits per heavy atom. The third kappa shape index (κ3) is 5.43. The van der Waals surface area contributed by atoms with Crippen molar-refractivity contribution in [1.82, 2.24) is 14.7 Å². The summed E-state index contributed by atoms with van der Waals surface area (Å²) in [7, 11) is 0. The normalized spacial score (nSPS) is 32.1. The van der Waals surface area contributed by atoms with Crippen LogP contribution in [0.4, 0.5) is 17.6 Å². The van der Waals surface area contributed by atoms with Crippen LogP contribution >= 0.6 is 0 Å². The van der Waals surface area contributed by atoms with Crippen molar-refractivity contribution >= 4 is 5.91 Å². The van der Waals surface area contributed by atoms with Crippen LogP contribution in [0.1, 0.15) is 50.5 Å². The minimum absolute atomic E-state index is 0.0653. The highest BCUT2D eigenvalue weighted by molar-refractivity contribution is 5.79. The number of alkyl halides is 3. The molecule has 0 unspecified atom stereocenters. The first-order valence-corrected chi connectivity index (χ1v) is 12.7. The van der Waals surface area contributed by atoms with Gasteiger partial charge in [0, 0.05) is 25.2 Å². The highest BCUT2D eigenvalue weighted by Crippen LogP contribution is 2.58. The molecule has 4 aliphatic carbocycles. The van der Waals surface area contributed by atoms with Crippen LogP contribution in [0.2, 0.25) is 0 Å². The summed E-state index contributed by atoms with van der Waals surface area (Å²) in [6.45, 7) is 1.64. The molecule has 4 bridgehead atoms. The highest BCUT2D eigenvalue weighted by Gasteiger charge is 2.54. The molecular weight excluding hydrogens is 446 g/mol. The predicted octanol–water partition coefficient (Wildman–Crippen LogP) is 4.69. The Morgan fingerprint density at radius 2 is 1.47 bits per heavy atom. The number of rotatable bonds is 6. The van der Waals surface area contributed by atoms with Gasteiger partial charge in [-0.1, -0.05) is 12.1 Å². The second-order valence-corrected chi connectivity index (χ2v) is 11.3. The number of halogens is 4. The topological polar surface area (TPSA) is 26.8 Å². The molecule has 188 valence electrons. The molecule has 1 aromatic carbocycles. The van der Waals surface area contributed by atoms with Crippen molar-refractivity contribution in [2.75, 3.05) is 39.3 Å². The van der Waals surface area contributed by atoms with Crippen LogP contribution in [0.15, 0.2) is 24.3 Å². The van der Waals surface area contributed by atoms with E-state index in [4.69, 9.17) is 0 Å². The Kier molecular flexibility index (Phi) is 6.66. The van der Waals surface area contributed by atoms with E-state index in [2.05, 4.69) is 4.90 Å². The smallest absolute Gasteiger partial charge is 0.332 e. The average molecular weight is 482 g/mol. The summed E-state index contributed by atoms with van der Waals surface area (Å²) >= 11 is 0. The third-order valence-electron chi connectivity index (χ3n) is 8.58. The summed E-state index contributed by atoms with van der Waals surface area (Å²) in [5, 5.41) is 0. The van der Waals surface area contributed by atoms with E-state index in [-0.39, 0.29) is 23.8 Å². The first-order chi connectivity index (χ1) is 16.2. The maximum atomic E-state index is 13.8. The van der Waals surface area contributed by atoms with Crippen molar-refractivity contribution in [2.45, 2.75) is 63.2 Å². The number of amides is 1. The van der Waals surface area contributed by atoms with Crippen LogP contribution < -0.4 is 0 Å². The SMILES string of the molecule is O=C(CN1CCCN(CC(F)(F)F)CC1)N(Cc1ccc(F)cc1)C12CC3CC(CC(C3)C1)C2. The van der Waals surface area contributed by atoms with Crippen molar-refractivity contribution in [1.29, 1.82) is 0 Å². The summed E-state index contributed by atoms with van der Waals surface area (Å²) in [5.74, 6) is 1.83. The summed E-state index contributed by atoms with van der Waals surface area (Å²) < 4.78 is 52.0. The Labute approximate surface area is 199 Å². The molecule has 0 spiro atoms.